The second-order valence-electron chi connectivity index (χ2n) is 7.14. The molecule has 6 nitrogen and oxygen atoms in total. The summed E-state index contributed by atoms with van der Waals surface area (Å²) in [6.07, 6.45) is 2.98. The van der Waals surface area contributed by atoms with Gasteiger partial charge in [-0.3, -0.25) is 14.2 Å². The van der Waals surface area contributed by atoms with Crippen LogP contribution in [0.1, 0.15) is 31.1 Å². The molecule has 1 amide bonds. The Morgan fingerprint density at radius 2 is 2.03 bits per heavy atom. The molecule has 0 spiro atoms. The van der Waals surface area contributed by atoms with Crippen molar-refractivity contribution in [1.29, 1.82) is 0 Å². The number of nitrogens with one attached hydrogen (secondary N) is 1. The second kappa shape index (κ2) is 8.05. The number of thiophene rings is 1. The van der Waals surface area contributed by atoms with Gasteiger partial charge in [0.1, 0.15) is 17.1 Å². The van der Waals surface area contributed by atoms with Gasteiger partial charge in [-0.05, 0) is 29.2 Å². The number of fused-ring (bicyclic) bond motifs is 1. The van der Waals surface area contributed by atoms with E-state index < -0.39 is 0 Å². The molecular formula is C22H21N3O3S. The Balaban J connectivity index is 1.60. The van der Waals surface area contributed by atoms with Gasteiger partial charge in [-0.2, -0.15) is 0 Å². The first-order valence-corrected chi connectivity index (χ1v) is 10.3. The molecule has 0 aliphatic carbocycles. The molecule has 3 aromatic heterocycles. The van der Waals surface area contributed by atoms with Gasteiger partial charge in [-0.15, -0.1) is 11.3 Å². The van der Waals surface area contributed by atoms with E-state index in [1.165, 1.54) is 27.8 Å². The van der Waals surface area contributed by atoms with Crippen molar-refractivity contribution in [3.63, 3.8) is 0 Å². The molecule has 4 aromatic rings. The van der Waals surface area contributed by atoms with E-state index in [1.54, 1.807) is 18.4 Å². The Bertz CT molecular complexity index is 1190. The van der Waals surface area contributed by atoms with E-state index in [0.29, 0.717) is 21.9 Å². The Morgan fingerprint density at radius 1 is 1.24 bits per heavy atom. The highest BCUT2D eigenvalue weighted by atomic mass is 32.1. The average molecular weight is 407 g/mol. The largest absolute Gasteiger partial charge is 0.467 e. The highest BCUT2D eigenvalue weighted by molar-refractivity contribution is 7.17. The fraction of sp³-hybridized carbons (Fsp3) is 0.227. The highest BCUT2D eigenvalue weighted by Gasteiger charge is 2.15. The summed E-state index contributed by atoms with van der Waals surface area (Å²) in [5.74, 6) is 0.828. The highest BCUT2D eigenvalue weighted by Crippen LogP contribution is 2.31. The van der Waals surface area contributed by atoms with Gasteiger partial charge in [0.05, 0.1) is 24.5 Å². The van der Waals surface area contributed by atoms with Gasteiger partial charge in [0.25, 0.3) is 5.56 Å². The van der Waals surface area contributed by atoms with Crippen LogP contribution in [0, 0.1) is 0 Å². The molecule has 0 aliphatic rings. The predicted octanol–water partition coefficient (Wildman–Crippen LogP) is 4.16. The first kappa shape index (κ1) is 19.1. The molecule has 0 atom stereocenters. The number of carbonyl (C=O) groups is 1. The van der Waals surface area contributed by atoms with Crippen LogP contribution in [-0.4, -0.2) is 15.5 Å². The number of nitrogens with zero attached hydrogens (tertiary/aromatic N) is 2. The Morgan fingerprint density at radius 3 is 2.72 bits per heavy atom. The number of rotatable bonds is 6. The minimum atomic E-state index is -0.275. The quantitative estimate of drug-likeness (QED) is 0.521. The first-order chi connectivity index (χ1) is 14.0. The van der Waals surface area contributed by atoms with Crippen molar-refractivity contribution in [2.45, 2.75) is 32.9 Å². The fourth-order valence-corrected chi connectivity index (χ4v) is 4.06. The lowest BCUT2D eigenvalue weighted by Crippen LogP contribution is -2.32. The molecule has 7 heteroatoms. The molecule has 29 heavy (non-hydrogen) atoms. The van der Waals surface area contributed by atoms with Crippen molar-refractivity contribution in [3.8, 4) is 11.1 Å². The lowest BCUT2D eigenvalue weighted by molar-refractivity contribution is -0.122. The van der Waals surface area contributed by atoms with Gasteiger partial charge < -0.3 is 9.73 Å². The molecule has 1 N–H and O–H groups in total. The molecule has 0 radical (unpaired) electrons. The zero-order valence-electron chi connectivity index (χ0n) is 16.2. The van der Waals surface area contributed by atoms with Crippen LogP contribution < -0.4 is 10.9 Å². The molecule has 4 rings (SSSR count). The van der Waals surface area contributed by atoms with E-state index >= 15 is 0 Å². The summed E-state index contributed by atoms with van der Waals surface area (Å²) in [5.41, 5.74) is 2.85. The smallest absolute Gasteiger partial charge is 0.263 e. The number of furan rings is 1. The van der Waals surface area contributed by atoms with Crippen LogP contribution in [0.25, 0.3) is 21.3 Å². The summed E-state index contributed by atoms with van der Waals surface area (Å²) in [6.45, 7) is 4.48. The normalized spacial score (nSPS) is 11.3. The molecule has 0 unspecified atom stereocenters. The van der Waals surface area contributed by atoms with E-state index in [0.717, 1.165) is 11.1 Å². The lowest BCUT2D eigenvalue weighted by atomic mass is 9.99. The van der Waals surface area contributed by atoms with Gasteiger partial charge >= 0.3 is 0 Å². The van der Waals surface area contributed by atoms with Gasteiger partial charge in [0, 0.05) is 10.9 Å². The van der Waals surface area contributed by atoms with Crippen molar-refractivity contribution in [1.82, 2.24) is 14.9 Å². The number of carbonyl (C=O) groups excluding carboxylic acids is 1. The summed E-state index contributed by atoms with van der Waals surface area (Å²) < 4.78 is 6.54. The van der Waals surface area contributed by atoms with E-state index in [-0.39, 0.29) is 24.6 Å². The van der Waals surface area contributed by atoms with Crippen LogP contribution in [0.5, 0.6) is 0 Å². The molecule has 0 aliphatic heterocycles. The third-order valence-electron chi connectivity index (χ3n) is 4.80. The van der Waals surface area contributed by atoms with Crippen molar-refractivity contribution >= 4 is 27.5 Å². The number of hydrogen-bond donors (Lipinski definition) is 1. The SMILES string of the molecule is CC(C)c1ccc(-c2csc3ncn(CC(=O)NCc4ccco4)c(=O)c23)cc1. The van der Waals surface area contributed by atoms with Crippen LogP contribution in [-0.2, 0) is 17.9 Å². The zero-order valence-corrected chi connectivity index (χ0v) is 17.0. The van der Waals surface area contributed by atoms with Crippen LogP contribution >= 0.6 is 11.3 Å². The molecule has 148 valence electrons. The van der Waals surface area contributed by atoms with E-state index in [9.17, 15) is 9.59 Å². The Kier molecular flexibility index (Phi) is 5.31. The van der Waals surface area contributed by atoms with Gasteiger partial charge in [-0.1, -0.05) is 38.1 Å². The molecule has 1 aromatic carbocycles. The molecule has 0 bridgehead atoms. The van der Waals surface area contributed by atoms with Crippen molar-refractivity contribution in [2.75, 3.05) is 0 Å². The van der Waals surface area contributed by atoms with E-state index in [4.69, 9.17) is 4.42 Å². The Hall–Kier alpha value is -3.19. The zero-order chi connectivity index (χ0) is 20.4. The summed E-state index contributed by atoms with van der Waals surface area (Å²) >= 11 is 1.43. The van der Waals surface area contributed by atoms with Crippen molar-refractivity contribution in [2.24, 2.45) is 0 Å². The maximum atomic E-state index is 13.1. The fourth-order valence-electron chi connectivity index (χ4n) is 3.15. The molecule has 0 fully saturated rings. The molecule has 0 saturated heterocycles. The summed E-state index contributed by atoms with van der Waals surface area (Å²) in [5, 5.41) is 5.25. The number of hydrogen-bond acceptors (Lipinski definition) is 5. The Labute approximate surface area is 171 Å². The summed E-state index contributed by atoms with van der Waals surface area (Å²) in [4.78, 5) is 30.4. The van der Waals surface area contributed by atoms with Crippen molar-refractivity contribution in [3.05, 3.63) is 76.0 Å². The standard InChI is InChI=1S/C22H21N3O3S/c1-14(2)15-5-7-16(8-6-15)18-12-29-21-20(18)22(27)25(13-24-21)11-19(26)23-10-17-4-3-9-28-17/h3-9,12-14H,10-11H2,1-2H3,(H,23,26). The molecule has 3 heterocycles. The van der Waals surface area contributed by atoms with Crippen molar-refractivity contribution < 1.29 is 9.21 Å². The maximum absolute atomic E-state index is 13.1. The topological polar surface area (TPSA) is 77.1 Å². The second-order valence-corrected chi connectivity index (χ2v) is 8.00. The van der Waals surface area contributed by atoms with Gasteiger partial charge in [0.2, 0.25) is 5.91 Å². The summed E-state index contributed by atoms with van der Waals surface area (Å²) in [7, 11) is 0. The van der Waals surface area contributed by atoms with E-state index in [2.05, 4.69) is 36.3 Å². The third-order valence-corrected chi connectivity index (χ3v) is 5.69. The first-order valence-electron chi connectivity index (χ1n) is 9.39. The average Bonchev–Trinajstić information content (AvgIpc) is 3.38. The summed E-state index contributed by atoms with van der Waals surface area (Å²) in [6, 6.07) is 11.8. The third kappa shape index (κ3) is 4.00. The molecule has 0 saturated carbocycles. The molecular weight excluding hydrogens is 386 g/mol. The van der Waals surface area contributed by atoms with Crippen LogP contribution in [0.2, 0.25) is 0 Å². The number of benzene rings is 1. The number of aromatic nitrogens is 2. The maximum Gasteiger partial charge on any atom is 0.263 e. The van der Waals surface area contributed by atoms with Gasteiger partial charge in [-0.25, -0.2) is 4.98 Å². The van der Waals surface area contributed by atoms with Crippen LogP contribution in [0.15, 0.2) is 63.6 Å². The monoisotopic (exact) mass is 407 g/mol. The van der Waals surface area contributed by atoms with Gasteiger partial charge in [0.15, 0.2) is 0 Å². The van der Waals surface area contributed by atoms with Crippen LogP contribution in [0.4, 0.5) is 0 Å². The van der Waals surface area contributed by atoms with E-state index in [1.807, 2.05) is 17.5 Å². The lowest BCUT2D eigenvalue weighted by Gasteiger charge is -2.08. The van der Waals surface area contributed by atoms with Crippen LogP contribution in [0.3, 0.4) is 0 Å². The predicted molar refractivity (Wildman–Crippen MR) is 114 cm³/mol. The minimum absolute atomic E-state index is 0.0932. The number of amides is 1. The minimum Gasteiger partial charge on any atom is -0.467 e.